The Morgan fingerprint density at radius 3 is 3.04 bits per heavy atom. The quantitative estimate of drug-likeness (QED) is 0.758. The second-order valence-corrected chi connectivity index (χ2v) is 5.78. The van der Waals surface area contributed by atoms with Crippen molar-refractivity contribution < 1.29 is 9.90 Å². The molecule has 0 saturated heterocycles. The third kappa shape index (κ3) is 2.49. The summed E-state index contributed by atoms with van der Waals surface area (Å²) in [5.41, 5.74) is 3.90. The van der Waals surface area contributed by atoms with Gasteiger partial charge in [0.2, 0.25) is 0 Å². The Kier molecular flexibility index (Phi) is 3.34. The van der Waals surface area contributed by atoms with Gasteiger partial charge in [0.25, 0.3) is 0 Å². The van der Waals surface area contributed by atoms with Crippen LogP contribution in [-0.4, -0.2) is 48.1 Å². The summed E-state index contributed by atoms with van der Waals surface area (Å²) in [5.74, 6) is -0.797. The molecular weight excluding hydrogens is 294 g/mol. The Morgan fingerprint density at radius 2 is 2.17 bits per heavy atom. The fourth-order valence-corrected chi connectivity index (χ4v) is 3.19. The minimum absolute atomic E-state index is 0.443. The number of hydrogen-bond acceptors (Lipinski definition) is 4. The van der Waals surface area contributed by atoms with Crippen LogP contribution in [0.2, 0.25) is 0 Å². The minimum atomic E-state index is -0.797. The Labute approximate surface area is 132 Å². The molecule has 23 heavy (non-hydrogen) atoms. The van der Waals surface area contributed by atoms with Crippen LogP contribution < -0.4 is 0 Å². The molecule has 0 amide bonds. The van der Waals surface area contributed by atoms with E-state index in [4.69, 9.17) is 0 Å². The number of carbonyl (C=O) groups is 1. The lowest BCUT2D eigenvalue weighted by Crippen LogP contribution is -2.46. The number of H-pyrrole nitrogens is 1. The number of carboxylic acids is 1. The number of aliphatic carboxylic acids is 1. The van der Waals surface area contributed by atoms with Crippen LogP contribution in [0.1, 0.15) is 11.4 Å². The average molecular weight is 311 g/mol. The number of para-hydroxylation sites is 2. The summed E-state index contributed by atoms with van der Waals surface area (Å²) in [6.07, 6.45) is 3.89. The monoisotopic (exact) mass is 311 g/mol. The zero-order valence-corrected chi connectivity index (χ0v) is 12.5. The molecule has 0 spiro atoms. The molecule has 0 fully saturated rings. The molecule has 7 nitrogen and oxygen atoms in total. The van der Waals surface area contributed by atoms with Crippen LogP contribution in [0.5, 0.6) is 0 Å². The van der Waals surface area contributed by atoms with Crippen LogP contribution in [0.3, 0.4) is 0 Å². The molecule has 0 radical (unpaired) electrons. The van der Waals surface area contributed by atoms with Crippen LogP contribution >= 0.6 is 0 Å². The Hall–Kier alpha value is -2.67. The number of carboxylic acid groups (broad SMARTS) is 1. The summed E-state index contributed by atoms with van der Waals surface area (Å²) in [6, 6.07) is 7.42. The molecule has 4 rings (SSSR count). The highest BCUT2D eigenvalue weighted by molar-refractivity contribution is 5.75. The zero-order valence-electron chi connectivity index (χ0n) is 12.5. The van der Waals surface area contributed by atoms with E-state index in [0.717, 1.165) is 22.4 Å². The highest BCUT2D eigenvalue weighted by Gasteiger charge is 2.32. The Morgan fingerprint density at radius 1 is 1.30 bits per heavy atom. The molecule has 3 aromatic rings. The van der Waals surface area contributed by atoms with Crippen LogP contribution in [-0.2, 0) is 24.3 Å². The van der Waals surface area contributed by atoms with Gasteiger partial charge in [0.05, 0.1) is 35.1 Å². The fraction of sp³-hybridized carbons (Fsp3) is 0.312. The minimum Gasteiger partial charge on any atom is -0.480 e. The molecule has 0 bridgehead atoms. The van der Waals surface area contributed by atoms with Crippen LogP contribution in [0.4, 0.5) is 0 Å². The summed E-state index contributed by atoms with van der Waals surface area (Å²) >= 11 is 0. The smallest absolute Gasteiger partial charge is 0.321 e. The van der Waals surface area contributed by atoms with Gasteiger partial charge >= 0.3 is 5.97 Å². The molecule has 2 N–H and O–H groups in total. The number of benzene rings is 1. The van der Waals surface area contributed by atoms with Gasteiger partial charge in [-0.15, -0.1) is 0 Å². The lowest BCUT2D eigenvalue weighted by molar-refractivity contribution is -0.144. The maximum Gasteiger partial charge on any atom is 0.321 e. The van der Waals surface area contributed by atoms with Gasteiger partial charge in [-0.2, -0.15) is 0 Å². The molecule has 3 heterocycles. The number of rotatable bonds is 4. The Bertz CT molecular complexity index is 853. The lowest BCUT2D eigenvalue weighted by atomic mass is 10.0. The molecule has 1 aromatic carbocycles. The van der Waals surface area contributed by atoms with E-state index in [-0.39, 0.29) is 0 Å². The predicted octanol–water partition coefficient (Wildman–Crippen LogP) is 1.27. The number of aromatic nitrogens is 4. The summed E-state index contributed by atoms with van der Waals surface area (Å²) in [5, 5.41) is 9.50. The standard InChI is InChI=1S/C16H17N5O2/c22-16(23)15-7-12-13(18-9-17-12)8-20(15)5-6-21-10-19-11-3-1-2-4-14(11)21/h1-4,9-10,15H,5-8H2,(H,17,18)(H,22,23)/t15-/m0/s1. The van der Waals surface area contributed by atoms with E-state index >= 15 is 0 Å². The van der Waals surface area contributed by atoms with Gasteiger partial charge in [0.1, 0.15) is 6.04 Å². The second-order valence-electron chi connectivity index (χ2n) is 5.78. The van der Waals surface area contributed by atoms with Crippen molar-refractivity contribution in [3.8, 4) is 0 Å². The maximum absolute atomic E-state index is 11.6. The van der Waals surface area contributed by atoms with Gasteiger partial charge < -0.3 is 14.7 Å². The number of imidazole rings is 2. The number of aromatic amines is 1. The number of nitrogens with one attached hydrogen (secondary N) is 1. The van der Waals surface area contributed by atoms with Gasteiger partial charge in [-0.25, -0.2) is 9.97 Å². The van der Waals surface area contributed by atoms with Gasteiger partial charge in [-0.1, -0.05) is 12.1 Å². The molecule has 7 heteroatoms. The van der Waals surface area contributed by atoms with Crippen LogP contribution in [0.15, 0.2) is 36.9 Å². The van der Waals surface area contributed by atoms with Crippen molar-refractivity contribution in [1.29, 1.82) is 0 Å². The molecule has 1 atom stereocenters. The van der Waals surface area contributed by atoms with Crippen molar-refractivity contribution in [2.75, 3.05) is 6.54 Å². The number of fused-ring (bicyclic) bond motifs is 2. The molecular formula is C16H17N5O2. The van der Waals surface area contributed by atoms with E-state index in [9.17, 15) is 9.90 Å². The first-order valence-electron chi connectivity index (χ1n) is 7.60. The highest BCUT2D eigenvalue weighted by Crippen LogP contribution is 2.21. The summed E-state index contributed by atoms with van der Waals surface area (Å²) in [6.45, 7) is 1.93. The average Bonchev–Trinajstić information content (AvgIpc) is 3.18. The first-order chi connectivity index (χ1) is 11.2. The van der Waals surface area contributed by atoms with Crippen molar-refractivity contribution in [3.05, 3.63) is 48.3 Å². The summed E-state index contributed by atoms with van der Waals surface area (Å²) in [7, 11) is 0. The number of nitrogens with zero attached hydrogens (tertiary/aromatic N) is 4. The summed E-state index contributed by atoms with van der Waals surface area (Å²) < 4.78 is 2.07. The molecule has 0 aliphatic carbocycles. The largest absolute Gasteiger partial charge is 0.480 e. The van der Waals surface area contributed by atoms with Crippen molar-refractivity contribution in [3.63, 3.8) is 0 Å². The van der Waals surface area contributed by atoms with Crippen molar-refractivity contribution in [2.24, 2.45) is 0 Å². The van der Waals surface area contributed by atoms with Crippen LogP contribution in [0.25, 0.3) is 11.0 Å². The van der Waals surface area contributed by atoms with Crippen molar-refractivity contribution in [1.82, 2.24) is 24.4 Å². The first kappa shape index (κ1) is 14.0. The number of hydrogen-bond donors (Lipinski definition) is 2. The molecule has 2 aromatic heterocycles. The topological polar surface area (TPSA) is 87.0 Å². The van der Waals surface area contributed by atoms with E-state index in [1.54, 1.807) is 6.33 Å². The SMILES string of the molecule is O=C(O)[C@@H]1Cc2nc[nH]c2CN1CCn1cnc2ccccc21. The van der Waals surface area contributed by atoms with E-state index in [1.165, 1.54) is 0 Å². The van der Waals surface area contributed by atoms with Crippen molar-refractivity contribution in [2.45, 2.75) is 25.6 Å². The van der Waals surface area contributed by atoms with E-state index in [1.807, 2.05) is 35.5 Å². The molecule has 0 unspecified atom stereocenters. The normalized spacial score (nSPS) is 18.2. The fourth-order valence-electron chi connectivity index (χ4n) is 3.19. The van der Waals surface area contributed by atoms with Crippen molar-refractivity contribution >= 4 is 17.0 Å². The van der Waals surface area contributed by atoms with E-state index in [2.05, 4.69) is 19.5 Å². The lowest BCUT2D eigenvalue weighted by Gasteiger charge is -2.32. The van der Waals surface area contributed by atoms with E-state index in [0.29, 0.717) is 26.1 Å². The van der Waals surface area contributed by atoms with Gasteiger partial charge in [-0.3, -0.25) is 9.69 Å². The molecule has 0 saturated carbocycles. The predicted molar refractivity (Wildman–Crippen MR) is 83.9 cm³/mol. The first-order valence-corrected chi connectivity index (χ1v) is 7.60. The third-order valence-electron chi connectivity index (χ3n) is 4.44. The van der Waals surface area contributed by atoms with Gasteiger partial charge in [-0.05, 0) is 12.1 Å². The van der Waals surface area contributed by atoms with Gasteiger partial charge in [0, 0.05) is 26.1 Å². The molecule has 118 valence electrons. The Balaban J connectivity index is 1.54. The molecule has 1 aliphatic rings. The second kappa shape index (κ2) is 5.51. The maximum atomic E-state index is 11.6. The molecule has 1 aliphatic heterocycles. The van der Waals surface area contributed by atoms with Crippen LogP contribution in [0, 0.1) is 0 Å². The van der Waals surface area contributed by atoms with Gasteiger partial charge in [0.15, 0.2) is 0 Å². The zero-order chi connectivity index (χ0) is 15.8. The summed E-state index contributed by atoms with van der Waals surface area (Å²) in [4.78, 5) is 25.3. The third-order valence-corrected chi connectivity index (χ3v) is 4.44. The van der Waals surface area contributed by atoms with E-state index < -0.39 is 12.0 Å². The highest BCUT2D eigenvalue weighted by atomic mass is 16.4.